The molecule has 3 aliphatic heterocycles. The number of halogens is 1. The lowest BCUT2D eigenvalue weighted by atomic mass is 9.80. The fourth-order valence-corrected chi connectivity index (χ4v) is 9.54. The number of carbonyl (C=O) groups is 2. The van der Waals surface area contributed by atoms with E-state index >= 15 is 4.39 Å². The zero-order valence-electron chi connectivity index (χ0n) is 35.9. The molecule has 0 spiro atoms. The van der Waals surface area contributed by atoms with Gasteiger partial charge in [0, 0.05) is 18.0 Å². The van der Waals surface area contributed by atoms with Gasteiger partial charge < -0.3 is 43.5 Å². The van der Waals surface area contributed by atoms with E-state index < -0.39 is 63.1 Å². The molecule has 328 valence electrons. The second-order valence-corrected chi connectivity index (χ2v) is 17.2. The maximum atomic E-state index is 17.6. The molecule has 17 heteroatoms. The van der Waals surface area contributed by atoms with E-state index in [-0.39, 0.29) is 43.5 Å². The highest BCUT2D eigenvalue weighted by Gasteiger charge is 2.56. The first-order valence-electron chi connectivity index (χ1n) is 20.5. The van der Waals surface area contributed by atoms with E-state index in [1.165, 1.54) is 11.2 Å². The third-order valence-corrected chi connectivity index (χ3v) is 12.9. The summed E-state index contributed by atoms with van der Waals surface area (Å²) in [5, 5.41) is 18.1. The standard InChI is InChI=1S/C44H57FN7O8P/c1-27(2)40(53)49-43-48-39-37(41(54)50-43)47-26-51(39)42-36(45)38(60-61(58-24-12-23-46)52(28(3)4)29(5)6)35(59-42)25-57-44(30-13-10-9-11-14-30,31-15-19-33(55-7)20-16-31)32-17-21-34(56-8)22-18-32/h9-11,13-22,26-29,35-39,42-43,48H,12,24-25H2,1-8H3,(H,49,53)(H,50,54)/t35-,36+,37?,38-,39?,42-,43?,61?/m1/s1. The van der Waals surface area contributed by atoms with Crippen molar-refractivity contribution in [1.29, 1.82) is 5.26 Å². The van der Waals surface area contributed by atoms with Crippen molar-refractivity contribution in [2.24, 2.45) is 10.9 Å². The van der Waals surface area contributed by atoms with Gasteiger partial charge in [0.05, 0.1) is 46.3 Å². The Hall–Kier alpha value is -4.72. The summed E-state index contributed by atoms with van der Waals surface area (Å²) in [5.41, 5.74) is 1.06. The molecule has 0 bridgehead atoms. The van der Waals surface area contributed by atoms with Gasteiger partial charge in [-0.2, -0.15) is 5.26 Å². The molecule has 4 unspecified atom stereocenters. The minimum absolute atomic E-state index is 0.0654. The number of nitriles is 1. The van der Waals surface area contributed by atoms with Gasteiger partial charge in [0.15, 0.2) is 24.7 Å². The molecule has 61 heavy (non-hydrogen) atoms. The predicted molar refractivity (Wildman–Crippen MR) is 228 cm³/mol. The van der Waals surface area contributed by atoms with E-state index in [1.54, 1.807) is 28.1 Å². The monoisotopic (exact) mass is 861 g/mol. The Morgan fingerprint density at radius 3 is 2.10 bits per heavy atom. The van der Waals surface area contributed by atoms with Gasteiger partial charge in [-0.15, -0.1) is 0 Å². The molecule has 2 saturated heterocycles. The number of rotatable bonds is 19. The topological polar surface area (TPSA) is 168 Å². The van der Waals surface area contributed by atoms with Crippen molar-refractivity contribution in [3.8, 4) is 17.6 Å². The van der Waals surface area contributed by atoms with Crippen LogP contribution in [0.4, 0.5) is 4.39 Å². The lowest BCUT2D eigenvalue weighted by Crippen LogP contribution is -2.72. The summed E-state index contributed by atoms with van der Waals surface area (Å²) in [4.78, 5) is 31.9. The van der Waals surface area contributed by atoms with Crippen molar-refractivity contribution in [3.05, 3.63) is 95.6 Å². The van der Waals surface area contributed by atoms with Crippen molar-refractivity contribution >= 4 is 26.7 Å². The Balaban J connectivity index is 1.41. The van der Waals surface area contributed by atoms with Crippen molar-refractivity contribution < 1.29 is 42.0 Å². The van der Waals surface area contributed by atoms with Gasteiger partial charge in [-0.05, 0) is 68.7 Å². The second kappa shape index (κ2) is 20.4. The number of amides is 2. The van der Waals surface area contributed by atoms with Crippen molar-refractivity contribution in [2.45, 2.75) is 109 Å². The molecule has 0 aliphatic carbocycles. The fraction of sp³-hybridized carbons (Fsp3) is 0.500. The minimum atomic E-state index is -1.94. The SMILES string of the molecule is COc1ccc(C(OC[C@H]2O[C@@H](N3C=NC4C(=O)NC(NC(=O)C(C)C)NC43)[C@@H](F)[C@@H]2OP(OCCC#N)N(C(C)C)C(C)C)(c2ccccc2)c2ccc(OC)cc2)cc1. The first-order valence-corrected chi connectivity index (χ1v) is 21.7. The van der Waals surface area contributed by atoms with E-state index in [0.717, 1.165) is 16.7 Å². The molecule has 3 aromatic carbocycles. The van der Waals surface area contributed by atoms with Gasteiger partial charge in [-0.1, -0.05) is 68.4 Å². The average molecular weight is 862 g/mol. The van der Waals surface area contributed by atoms with Gasteiger partial charge in [0.25, 0.3) is 14.4 Å². The van der Waals surface area contributed by atoms with Crippen molar-refractivity contribution in [2.75, 3.05) is 27.4 Å². The molecule has 15 nitrogen and oxygen atoms in total. The maximum absolute atomic E-state index is 17.6. The molecule has 3 aromatic rings. The molecule has 3 heterocycles. The fourth-order valence-electron chi connectivity index (χ4n) is 7.78. The van der Waals surface area contributed by atoms with Crippen LogP contribution in [0, 0.1) is 17.2 Å². The number of nitrogens with zero attached hydrogens (tertiary/aromatic N) is 4. The molecule has 3 N–H and O–H groups in total. The number of hydrogen-bond acceptors (Lipinski definition) is 13. The number of fused-ring (bicyclic) bond motifs is 1. The van der Waals surface area contributed by atoms with Crippen LogP contribution in [-0.4, -0.2) is 110 Å². The Bertz CT molecular complexity index is 1930. The summed E-state index contributed by atoms with van der Waals surface area (Å²) in [6.07, 6.45) is -5.75. The largest absolute Gasteiger partial charge is 0.497 e. The lowest BCUT2D eigenvalue weighted by molar-refractivity contribution is -0.134. The summed E-state index contributed by atoms with van der Waals surface area (Å²) in [7, 11) is 1.26. The summed E-state index contributed by atoms with van der Waals surface area (Å²) < 4.78 is 57.7. The minimum Gasteiger partial charge on any atom is -0.497 e. The first-order chi connectivity index (χ1) is 29.3. The highest BCUT2D eigenvalue weighted by atomic mass is 31.2. The molecular formula is C44H57FN7O8P. The van der Waals surface area contributed by atoms with Crippen LogP contribution in [0.2, 0.25) is 0 Å². The highest BCUT2D eigenvalue weighted by molar-refractivity contribution is 7.44. The van der Waals surface area contributed by atoms with E-state index in [9.17, 15) is 14.9 Å². The zero-order chi connectivity index (χ0) is 43.8. The molecule has 0 radical (unpaired) electrons. The summed E-state index contributed by atoms with van der Waals surface area (Å²) in [6, 6.07) is 25.9. The smallest absolute Gasteiger partial charge is 0.259 e. The van der Waals surface area contributed by atoms with Gasteiger partial charge in [-0.25, -0.2) is 9.06 Å². The number of benzene rings is 3. The second-order valence-electron chi connectivity index (χ2n) is 15.8. The summed E-state index contributed by atoms with van der Waals surface area (Å²) in [6.45, 7) is 11.4. The van der Waals surface area contributed by atoms with Gasteiger partial charge in [0.1, 0.15) is 35.5 Å². The summed E-state index contributed by atoms with van der Waals surface area (Å²) >= 11 is 0. The number of alkyl halides is 1. The number of nitrogens with one attached hydrogen (secondary N) is 3. The number of hydrogen-bond donors (Lipinski definition) is 3. The normalized spacial score (nSPS) is 24.2. The molecule has 3 aliphatic rings. The third kappa shape index (κ3) is 10.00. The van der Waals surface area contributed by atoms with Crippen LogP contribution >= 0.6 is 8.53 Å². The highest BCUT2D eigenvalue weighted by Crippen LogP contribution is 2.51. The molecular weight excluding hydrogens is 804 g/mol. The molecule has 0 aromatic heterocycles. The molecule has 0 saturated carbocycles. The number of carbonyl (C=O) groups excluding carboxylic acids is 2. The first kappa shape index (κ1) is 45.8. The van der Waals surface area contributed by atoms with Gasteiger partial charge in [0.2, 0.25) is 5.91 Å². The van der Waals surface area contributed by atoms with Crippen LogP contribution < -0.4 is 25.4 Å². The van der Waals surface area contributed by atoms with Crippen LogP contribution in [0.3, 0.4) is 0 Å². The summed E-state index contributed by atoms with van der Waals surface area (Å²) in [5.74, 6) is 0.237. The Morgan fingerprint density at radius 2 is 1.56 bits per heavy atom. The predicted octanol–water partition coefficient (Wildman–Crippen LogP) is 5.55. The molecule has 8 atom stereocenters. The van der Waals surface area contributed by atoms with E-state index in [1.807, 2.05) is 111 Å². The van der Waals surface area contributed by atoms with Crippen LogP contribution in [-0.2, 0) is 33.7 Å². The van der Waals surface area contributed by atoms with E-state index in [2.05, 4.69) is 27.0 Å². The molecule has 6 rings (SSSR count). The number of ether oxygens (including phenoxy) is 4. The third-order valence-electron chi connectivity index (χ3n) is 10.8. The average Bonchev–Trinajstić information content (AvgIpc) is 3.81. The van der Waals surface area contributed by atoms with Crippen molar-refractivity contribution in [3.63, 3.8) is 0 Å². The van der Waals surface area contributed by atoms with E-state index in [4.69, 9.17) is 28.0 Å². The zero-order valence-corrected chi connectivity index (χ0v) is 36.8. The number of aliphatic imine (C=N–C) groups is 1. The molecule has 2 amide bonds. The Labute approximate surface area is 358 Å². The quantitative estimate of drug-likeness (QED) is 0.0783. The number of methoxy groups -OCH3 is 2. The van der Waals surface area contributed by atoms with Crippen LogP contribution in [0.5, 0.6) is 11.5 Å². The lowest BCUT2D eigenvalue weighted by Gasteiger charge is -2.39. The molecule has 2 fully saturated rings. The Morgan fingerprint density at radius 1 is 0.967 bits per heavy atom. The van der Waals surface area contributed by atoms with Crippen molar-refractivity contribution in [1.82, 2.24) is 25.5 Å². The maximum Gasteiger partial charge on any atom is 0.259 e. The van der Waals surface area contributed by atoms with Gasteiger partial charge >= 0.3 is 0 Å². The van der Waals surface area contributed by atoms with Crippen LogP contribution in [0.25, 0.3) is 0 Å². The van der Waals surface area contributed by atoms with E-state index in [0.29, 0.717) is 11.5 Å². The van der Waals surface area contributed by atoms with Crippen LogP contribution in [0.1, 0.15) is 64.7 Å². The van der Waals surface area contributed by atoms with Crippen LogP contribution in [0.15, 0.2) is 83.9 Å². The van der Waals surface area contributed by atoms with Gasteiger partial charge in [-0.3, -0.25) is 19.9 Å². The Kier molecular flexibility index (Phi) is 15.3.